The van der Waals surface area contributed by atoms with Crippen LogP contribution in [0.5, 0.6) is 0 Å². The molecule has 138 valence electrons. The molecule has 1 heterocycles. The van der Waals surface area contributed by atoms with E-state index in [0.717, 1.165) is 6.08 Å². The molecular formula is C17H19N3O6. The van der Waals surface area contributed by atoms with Gasteiger partial charge in [0, 0.05) is 45.2 Å². The van der Waals surface area contributed by atoms with Gasteiger partial charge in [-0.05, 0) is 12.1 Å². The summed E-state index contributed by atoms with van der Waals surface area (Å²) in [5, 5.41) is 10.9. The van der Waals surface area contributed by atoms with E-state index in [2.05, 4.69) is 0 Å². The van der Waals surface area contributed by atoms with Gasteiger partial charge in [-0.2, -0.15) is 0 Å². The Hall–Kier alpha value is -3.23. The molecule has 1 fully saturated rings. The maximum atomic E-state index is 12.0. The van der Waals surface area contributed by atoms with Gasteiger partial charge < -0.3 is 14.5 Å². The van der Waals surface area contributed by atoms with Gasteiger partial charge in [-0.1, -0.05) is 12.1 Å². The van der Waals surface area contributed by atoms with Crippen molar-refractivity contribution in [1.82, 2.24) is 9.80 Å². The molecule has 0 atom stereocenters. The molecule has 1 saturated heterocycles. The zero-order chi connectivity index (χ0) is 19.1. The SMILES string of the molecule is CC(=O)N1CCN(C(=O)COC(=O)/C=C/c2ccccc2[N+](=O)[O-])CC1. The number of para-hydroxylation sites is 1. The van der Waals surface area contributed by atoms with Crippen LogP contribution in [0.1, 0.15) is 12.5 Å². The van der Waals surface area contributed by atoms with Crippen LogP contribution < -0.4 is 0 Å². The number of rotatable bonds is 5. The van der Waals surface area contributed by atoms with Crippen molar-refractivity contribution >= 4 is 29.5 Å². The van der Waals surface area contributed by atoms with E-state index in [4.69, 9.17) is 4.74 Å². The molecule has 0 bridgehead atoms. The van der Waals surface area contributed by atoms with Crippen LogP contribution in [0.3, 0.4) is 0 Å². The number of nitro benzene ring substituents is 1. The van der Waals surface area contributed by atoms with Crippen molar-refractivity contribution in [3.8, 4) is 0 Å². The highest BCUT2D eigenvalue weighted by Crippen LogP contribution is 2.18. The van der Waals surface area contributed by atoms with Crippen molar-refractivity contribution in [1.29, 1.82) is 0 Å². The minimum Gasteiger partial charge on any atom is -0.452 e. The summed E-state index contributed by atoms with van der Waals surface area (Å²) in [7, 11) is 0. The first-order valence-corrected chi connectivity index (χ1v) is 8.00. The Labute approximate surface area is 150 Å². The average molecular weight is 361 g/mol. The molecule has 1 aromatic carbocycles. The normalized spacial score (nSPS) is 14.3. The lowest BCUT2D eigenvalue weighted by Crippen LogP contribution is -2.51. The van der Waals surface area contributed by atoms with Crippen LogP contribution in [0.15, 0.2) is 30.3 Å². The fourth-order valence-electron chi connectivity index (χ4n) is 2.50. The highest BCUT2D eigenvalue weighted by molar-refractivity contribution is 5.90. The molecule has 0 unspecified atom stereocenters. The number of hydrogen-bond donors (Lipinski definition) is 0. The third-order valence-electron chi connectivity index (χ3n) is 3.95. The van der Waals surface area contributed by atoms with E-state index in [1.165, 1.54) is 36.1 Å². The third kappa shape index (κ3) is 5.13. The van der Waals surface area contributed by atoms with E-state index in [-0.39, 0.29) is 23.1 Å². The van der Waals surface area contributed by atoms with Crippen LogP contribution in [0, 0.1) is 10.1 Å². The zero-order valence-electron chi connectivity index (χ0n) is 14.3. The summed E-state index contributed by atoms with van der Waals surface area (Å²) in [6.45, 7) is 2.74. The summed E-state index contributed by atoms with van der Waals surface area (Å²) in [6.07, 6.45) is 2.32. The Morgan fingerprint density at radius 1 is 1.15 bits per heavy atom. The Bertz CT molecular complexity index is 738. The molecule has 9 heteroatoms. The molecule has 2 amide bonds. The average Bonchev–Trinajstić information content (AvgIpc) is 2.64. The predicted molar refractivity (Wildman–Crippen MR) is 91.9 cm³/mol. The first-order valence-electron chi connectivity index (χ1n) is 8.00. The van der Waals surface area contributed by atoms with Gasteiger partial charge in [0.15, 0.2) is 6.61 Å². The van der Waals surface area contributed by atoms with Crippen LogP contribution in [-0.2, 0) is 19.1 Å². The lowest BCUT2D eigenvalue weighted by molar-refractivity contribution is -0.385. The molecule has 9 nitrogen and oxygen atoms in total. The van der Waals surface area contributed by atoms with Crippen LogP contribution in [0.4, 0.5) is 5.69 Å². The lowest BCUT2D eigenvalue weighted by Gasteiger charge is -2.34. The Morgan fingerprint density at radius 2 is 1.77 bits per heavy atom. The molecule has 1 aliphatic heterocycles. The van der Waals surface area contributed by atoms with E-state index >= 15 is 0 Å². The minimum absolute atomic E-state index is 0.0383. The van der Waals surface area contributed by atoms with Gasteiger partial charge in [0.1, 0.15) is 0 Å². The van der Waals surface area contributed by atoms with Crippen molar-refractivity contribution in [3.05, 3.63) is 46.0 Å². The van der Waals surface area contributed by atoms with Crippen LogP contribution in [0.25, 0.3) is 6.08 Å². The molecule has 1 aliphatic rings. The maximum Gasteiger partial charge on any atom is 0.331 e. The number of carbonyl (C=O) groups is 3. The molecule has 0 radical (unpaired) electrons. The van der Waals surface area contributed by atoms with Crippen LogP contribution >= 0.6 is 0 Å². The van der Waals surface area contributed by atoms with Gasteiger partial charge in [0.2, 0.25) is 5.91 Å². The first-order chi connectivity index (χ1) is 12.4. The molecule has 0 aliphatic carbocycles. The number of carbonyl (C=O) groups excluding carboxylic acids is 3. The molecule has 0 saturated carbocycles. The number of benzene rings is 1. The van der Waals surface area contributed by atoms with E-state index in [1.807, 2.05) is 0 Å². The van der Waals surface area contributed by atoms with Crippen molar-refractivity contribution < 1.29 is 24.0 Å². The number of amides is 2. The quantitative estimate of drug-likeness (QED) is 0.333. The smallest absolute Gasteiger partial charge is 0.331 e. The van der Waals surface area contributed by atoms with E-state index < -0.39 is 17.5 Å². The molecular weight excluding hydrogens is 342 g/mol. The van der Waals surface area contributed by atoms with Crippen LogP contribution in [-0.4, -0.2) is 65.3 Å². The molecule has 0 aromatic heterocycles. The number of nitro groups is 1. The summed E-state index contributed by atoms with van der Waals surface area (Å²) in [5.41, 5.74) is 0.136. The second-order valence-corrected chi connectivity index (χ2v) is 5.64. The summed E-state index contributed by atoms with van der Waals surface area (Å²) in [4.78, 5) is 48.5. The molecule has 26 heavy (non-hydrogen) atoms. The van der Waals surface area contributed by atoms with E-state index in [0.29, 0.717) is 26.2 Å². The molecule has 0 N–H and O–H groups in total. The largest absolute Gasteiger partial charge is 0.452 e. The topological polar surface area (TPSA) is 110 Å². The van der Waals surface area contributed by atoms with Crippen molar-refractivity contribution in [2.24, 2.45) is 0 Å². The van der Waals surface area contributed by atoms with E-state index in [1.54, 1.807) is 11.0 Å². The standard InChI is InChI=1S/C17H19N3O6/c1-13(21)18-8-10-19(11-9-18)16(22)12-26-17(23)7-6-14-4-2-3-5-15(14)20(24)25/h2-7H,8-12H2,1H3/b7-6+. The second kappa shape index (κ2) is 8.75. The third-order valence-corrected chi connectivity index (χ3v) is 3.95. The highest BCUT2D eigenvalue weighted by atomic mass is 16.6. The Kier molecular flexibility index (Phi) is 6.42. The number of ether oxygens (including phenoxy) is 1. The first kappa shape index (κ1) is 19.1. The van der Waals surface area contributed by atoms with Gasteiger partial charge in [-0.25, -0.2) is 4.79 Å². The predicted octanol–water partition coefficient (Wildman–Crippen LogP) is 0.842. The fourth-order valence-corrected chi connectivity index (χ4v) is 2.50. The van der Waals surface area contributed by atoms with Gasteiger partial charge in [0.05, 0.1) is 10.5 Å². The molecule has 1 aromatic rings. The van der Waals surface area contributed by atoms with E-state index in [9.17, 15) is 24.5 Å². The summed E-state index contributed by atoms with van der Waals surface area (Å²) < 4.78 is 4.89. The zero-order valence-corrected chi connectivity index (χ0v) is 14.3. The Morgan fingerprint density at radius 3 is 2.38 bits per heavy atom. The Balaban J connectivity index is 1.83. The number of nitrogens with zero attached hydrogens (tertiary/aromatic N) is 3. The molecule has 0 spiro atoms. The second-order valence-electron chi connectivity index (χ2n) is 5.64. The highest BCUT2D eigenvalue weighted by Gasteiger charge is 2.22. The number of esters is 1. The monoisotopic (exact) mass is 361 g/mol. The summed E-state index contributed by atoms with van der Waals surface area (Å²) >= 11 is 0. The molecule has 2 rings (SSSR count). The van der Waals surface area contributed by atoms with Gasteiger partial charge in [-0.15, -0.1) is 0 Å². The lowest BCUT2D eigenvalue weighted by atomic mass is 10.1. The summed E-state index contributed by atoms with van der Waals surface area (Å²) in [5.74, 6) is -1.15. The maximum absolute atomic E-state index is 12.0. The van der Waals surface area contributed by atoms with Gasteiger partial charge >= 0.3 is 5.97 Å². The van der Waals surface area contributed by atoms with Crippen molar-refractivity contribution in [2.75, 3.05) is 32.8 Å². The summed E-state index contributed by atoms with van der Waals surface area (Å²) in [6, 6.07) is 5.97. The number of piperazine rings is 1. The fraction of sp³-hybridized carbons (Fsp3) is 0.353. The minimum atomic E-state index is -0.765. The van der Waals surface area contributed by atoms with Crippen molar-refractivity contribution in [3.63, 3.8) is 0 Å². The number of hydrogen-bond acceptors (Lipinski definition) is 6. The van der Waals surface area contributed by atoms with Gasteiger partial charge in [-0.3, -0.25) is 19.7 Å². The van der Waals surface area contributed by atoms with Crippen LogP contribution in [0.2, 0.25) is 0 Å². The van der Waals surface area contributed by atoms with Crippen molar-refractivity contribution in [2.45, 2.75) is 6.92 Å². The van der Waals surface area contributed by atoms with Gasteiger partial charge in [0.25, 0.3) is 11.6 Å².